The molecule has 0 spiro atoms. The predicted octanol–water partition coefficient (Wildman–Crippen LogP) is 1.62. The average molecular weight is 334 g/mol. The SMILES string of the molecule is O=C(NCCCn1ccnc1)N1CCC([C@H](O)C(F)(F)F)CC1. The quantitative estimate of drug-likeness (QED) is 0.804. The van der Waals surface area contributed by atoms with Crippen LogP contribution in [-0.2, 0) is 6.54 Å². The molecule has 0 saturated carbocycles. The van der Waals surface area contributed by atoms with Gasteiger partial charge in [0.1, 0.15) is 0 Å². The van der Waals surface area contributed by atoms with Crippen LogP contribution in [0, 0.1) is 5.92 Å². The monoisotopic (exact) mass is 334 g/mol. The normalized spacial score (nSPS) is 18.0. The molecule has 0 aliphatic carbocycles. The molecule has 1 aromatic heterocycles. The molecule has 1 aliphatic heterocycles. The maximum absolute atomic E-state index is 12.5. The Hall–Kier alpha value is -1.77. The minimum atomic E-state index is -4.59. The second kappa shape index (κ2) is 7.67. The molecule has 2 N–H and O–H groups in total. The van der Waals surface area contributed by atoms with Crippen molar-refractivity contribution >= 4 is 6.03 Å². The number of aliphatic hydroxyl groups is 1. The molecule has 2 heterocycles. The minimum Gasteiger partial charge on any atom is -0.383 e. The number of aromatic nitrogens is 2. The van der Waals surface area contributed by atoms with E-state index in [-0.39, 0.29) is 32.0 Å². The highest BCUT2D eigenvalue weighted by Gasteiger charge is 2.44. The van der Waals surface area contributed by atoms with Gasteiger partial charge >= 0.3 is 12.2 Å². The summed E-state index contributed by atoms with van der Waals surface area (Å²) >= 11 is 0. The zero-order valence-corrected chi connectivity index (χ0v) is 12.7. The van der Waals surface area contributed by atoms with Crippen LogP contribution in [0.1, 0.15) is 19.3 Å². The lowest BCUT2D eigenvalue weighted by atomic mass is 9.91. The Bertz CT molecular complexity index is 485. The molecule has 2 rings (SSSR count). The van der Waals surface area contributed by atoms with E-state index in [2.05, 4.69) is 10.3 Å². The van der Waals surface area contributed by atoms with E-state index in [1.54, 1.807) is 12.5 Å². The summed E-state index contributed by atoms with van der Waals surface area (Å²) in [5.41, 5.74) is 0. The molecule has 0 radical (unpaired) electrons. The molecule has 1 aliphatic rings. The van der Waals surface area contributed by atoms with Gasteiger partial charge in [-0.1, -0.05) is 0 Å². The Kier molecular flexibility index (Phi) is 5.86. The Labute approximate surface area is 132 Å². The van der Waals surface area contributed by atoms with Crippen molar-refractivity contribution in [3.8, 4) is 0 Å². The molecule has 0 aromatic carbocycles. The van der Waals surface area contributed by atoms with Crippen LogP contribution in [0.3, 0.4) is 0 Å². The van der Waals surface area contributed by atoms with Gasteiger partial charge in [-0.25, -0.2) is 9.78 Å². The van der Waals surface area contributed by atoms with Crippen LogP contribution in [0.5, 0.6) is 0 Å². The number of rotatable bonds is 5. The molecule has 0 bridgehead atoms. The summed E-state index contributed by atoms with van der Waals surface area (Å²) in [6.45, 7) is 1.68. The van der Waals surface area contributed by atoms with Gasteiger partial charge in [-0.3, -0.25) is 0 Å². The van der Waals surface area contributed by atoms with Crippen LogP contribution in [0.15, 0.2) is 18.7 Å². The third kappa shape index (κ3) is 5.12. The van der Waals surface area contributed by atoms with Gasteiger partial charge < -0.3 is 19.9 Å². The van der Waals surface area contributed by atoms with Crippen molar-refractivity contribution in [3.05, 3.63) is 18.7 Å². The van der Waals surface area contributed by atoms with Crippen LogP contribution in [-0.4, -0.2) is 57.5 Å². The number of imidazole rings is 1. The minimum absolute atomic E-state index is 0.156. The number of nitrogens with one attached hydrogen (secondary N) is 1. The van der Waals surface area contributed by atoms with E-state index in [1.165, 1.54) is 4.90 Å². The number of likely N-dealkylation sites (tertiary alicyclic amines) is 1. The standard InChI is InChI=1S/C14H21F3N4O2/c15-14(16,17)12(22)11-2-7-21(8-3-11)13(23)19-4-1-6-20-9-5-18-10-20/h5,9-12,22H,1-4,6-8H2,(H,19,23)/t12-/m0/s1. The van der Waals surface area contributed by atoms with Crippen LogP contribution >= 0.6 is 0 Å². The first kappa shape index (κ1) is 17.6. The molecular formula is C14H21F3N4O2. The number of halogens is 3. The molecule has 130 valence electrons. The summed E-state index contributed by atoms with van der Waals surface area (Å²) < 4.78 is 39.3. The van der Waals surface area contributed by atoms with Gasteiger partial charge in [-0.05, 0) is 25.2 Å². The number of amides is 2. The molecule has 6 nitrogen and oxygen atoms in total. The molecule has 1 fully saturated rings. The van der Waals surface area contributed by atoms with Crippen LogP contribution in [0.2, 0.25) is 0 Å². The summed E-state index contributed by atoms with van der Waals surface area (Å²) in [5, 5.41) is 12.0. The smallest absolute Gasteiger partial charge is 0.383 e. The number of carbonyl (C=O) groups is 1. The molecule has 9 heteroatoms. The first-order chi connectivity index (χ1) is 10.9. The third-order valence-corrected chi connectivity index (χ3v) is 4.04. The number of hydrogen-bond acceptors (Lipinski definition) is 3. The van der Waals surface area contributed by atoms with E-state index in [0.717, 1.165) is 13.0 Å². The topological polar surface area (TPSA) is 70.4 Å². The Morgan fingerprint density at radius 3 is 2.65 bits per heavy atom. The van der Waals surface area contributed by atoms with Gasteiger partial charge in [0.15, 0.2) is 6.10 Å². The highest BCUT2D eigenvalue weighted by molar-refractivity contribution is 5.74. The molecule has 23 heavy (non-hydrogen) atoms. The number of hydrogen-bond donors (Lipinski definition) is 2. The third-order valence-electron chi connectivity index (χ3n) is 4.04. The molecule has 2 amide bonds. The Balaban J connectivity index is 1.65. The highest BCUT2D eigenvalue weighted by Crippen LogP contribution is 2.31. The van der Waals surface area contributed by atoms with Gasteiger partial charge in [0.25, 0.3) is 0 Å². The second-order valence-electron chi connectivity index (χ2n) is 5.70. The zero-order valence-electron chi connectivity index (χ0n) is 12.7. The number of carbonyl (C=O) groups excluding carboxylic acids is 1. The number of alkyl halides is 3. The van der Waals surface area contributed by atoms with Crippen molar-refractivity contribution < 1.29 is 23.1 Å². The largest absolute Gasteiger partial charge is 0.414 e. The molecular weight excluding hydrogens is 313 g/mol. The average Bonchev–Trinajstić information content (AvgIpc) is 3.03. The highest BCUT2D eigenvalue weighted by atomic mass is 19.4. The Morgan fingerprint density at radius 1 is 1.39 bits per heavy atom. The fraction of sp³-hybridized carbons (Fsp3) is 0.714. The lowest BCUT2D eigenvalue weighted by molar-refractivity contribution is -0.222. The number of aryl methyl sites for hydroxylation is 1. The van der Waals surface area contributed by atoms with Crippen molar-refractivity contribution in [1.82, 2.24) is 19.8 Å². The van der Waals surface area contributed by atoms with Crippen molar-refractivity contribution in [1.29, 1.82) is 0 Å². The van der Waals surface area contributed by atoms with Gasteiger partial charge in [0.2, 0.25) is 0 Å². The van der Waals surface area contributed by atoms with Crippen LogP contribution in [0.25, 0.3) is 0 Å². The van der Waals surface area contributed by atoms with Gasteiger partial charge in [0, 0.05) is 38.6 Å². The summed E-state index contributed by atoms with van der Waals surface area (Å²) in [6, 6.07) is -0.268. The fourth-order valence-corrected chi connectivity index (χ4v) is 2.67. The molecule has 1 saturated heterocycles. The maximum Gasteiger partial charge on any atom is 0.414 e. The van der Waals surface area contributed by atoms with Gasteiger partial charge in [0.05, 0.1) is 6.33 Å². The molecule has 1 aromatic rings. The first-order valence-electron chi connectivity index (χ1n) is 7.61. The lowest BCUT2D eigenvalue weighted by Crippen LogP contribution is -2.48. The van der Waals surface area contributed by atoms with Gasteiger partial charge in [-0.2, -0.15) is 13.2 Å². The van der Waals surface area contributed by atoms with Crippen molar-refractivity contribution in [3.63, 3.8) is 0 Å². The van der Waals surface area contributed by atoms with E-state index in [1.807, 2.05) is 10.8 Å². The number of piperidine rings is 1. The summed E-state index contributed by atoms with van der Waals surface area (Å²) in [7, 11) is 0. The Morgan fingerprint density at radius 2 is 2.09 bits per heavy atom. The number of nitrogens with zero attached hydrogens (tertiary/aromatic N) is 3. The second-order valence-corrected chi connectivity index (χ2v) is 5.70. The van der Waals surface area contributed by atoms with E-state index < -0.39 is 18.2 Å². The summed E-state index contributed by atoms with van der Waals surface area (Å²) in [4.78, 5) is 17.4. The molecule has 1 atom stereocenters. The summed E-state index contributed by atoms with van der Waals surface area (Å²) in [6.07, 6.45) is -0.641. The predicted molar refractivity (Wildman–Crippen MR) is 76.6 cm³/mol. The number of urea groups is 1. The fourth-order valence-electron chi connectivity index (χ4n) is 2.67. The van der Waals surface area contributed by atoms with E-state index in [4.69, 9.17) is 0 Å². The van der Waals surface area contributed by atoms with Crippen molar-refractivity contribution in [2.75, 3.05) is 19.6 Å². The first-order valence-corrected chi connectivity index (χ1v) is 7.61. The summed E-state index contributed by atoms with van der Waals surface area (Å²) in [5.74, 6) is -0.833. The maximum atomic E-state index is 12.5. The van der Waals surface area contributed by atoms with E-state index >= 15 is 0 Å². The van der Waals surface area contributed by atoms with Gasteiger partial charge in [-0.15, -0.1) is 0 Å². The van der Waals surface area contributed by atoms with Crippen molar-refractivity contribution in [2.24, 2.45) is 5.92 Å². The van der Waals surface area contributed by atoms with E-state index in [0.29, 0.717) is 6.54 Å². The zero-order chi connectivity index (χ0) is 16.9. The lowest BCUT2D eigenvalue weighted by Gasteiger charge is -2.34. The van der Waals surface area contributed by atoms with E-state index in [9.17, 15) is 23.1 Å². The van der Waals surface area contributed by atoms with Crippen LogP contribution < -0.4 is 5.32 Å². The van der Waals surface area contributed by atoms with Crippen molar-refractivity contribution in [2.45, 2.75) is 38.1 Å². The molecule has 0 unspecified atom stereocenters. The van der Waals surface area contributed by atoms with Crippen LogP contribution in [0.4, 0.5) is 18.0 Å². The number of aliphatic hydroxyl groups excluding tert-OH is 1.